The number of aliphatic hydroxyl groups is 1. The zero-order valence-electron chi connectivity index (χ0n) is 10.7. The summed E-state index contributed by atoms with van der Waals surface area (Å²) in [5.74, 6) is 0.318. The van der Waals surface area contributed by atoms with E-state index >= 15 is 0 Å². The minimum Gasteiger partial charge on any atom is -0.396 e. The van der Waals surface area contributed by atoms with Crippen molar-refractivity contribution >= 4 is 23.1 Å². The molecule has 1 atom stereocenters. The molecule has 2 rings (SSSR count). The topological polar surface area (TPSA) is 66.6 Å². The first kappa shape index (κ1) is 13.7. The second kappa shape index (κ2) is 5.53. The van der Waals surface area contributed by atoms with E-state index in [2.05, 4.69) is 0 Å². The van der Waals surface area contributed by atoms with Crippen LogP contribution < -0.4 is 5.73 Å². The lowest BCUT2D eigenvalue weighted by molar-refractivity contribution is -0.140. The van der Waals surface area contributed by atoms with E-state index in [1.165, 1.54) is 0 Å². The van der Waals surface area contributed by atoms with E-state index in [1.807, 2.05) is 4.90 Å². The summed E-state index contributed by atoms with van der Waals surface area (Å²) >= 11 is 5.15. The number of thiocarbonyl (C=S) groups is 1. The van der Waals surface area contributed by atoms with Crippen LogP contribution in [0.1, 0.15) is 38.5 Å². The number of piperidine rings is 1. The quantitative estimate of drug-likeness (QED) is 0.753. The second-order valence-electron chi connectivity index (χ2n) is 5.60. The predicted molar refractivity (Wildman–Crippen MR) is 74.1 cm³/mol. The molecule has 0 aromatic heterocycles. The van der Waals surface area contributed by atoms with Crippen molar-refractivity contribution in [2.45, 2.75) is 38.5 Å². The predicted octanol–water partition coefficient (Wildman–Crippen LogP) is 1.06. The highest BCUT2D eigenvalue weighted by Gasteiger charge is 2.46. The van der Waals surface area contributed by atoms with Gasteiger partial charge in [-0.05, 0) is 31.6 Å². The van der Waals surface area contributed by atoms with Crippen molar-refractivity contribution < 1.29 is 9.90 Å². The van der Waals surface area contributed by atoms with E-state index in [1.54, 1.807) is 0 Å². The second-order valence-corrected chi connectivity index (χ2v) is 6.04. The summed E-state index contributed by atoms with van der Waals surface area (Å²) in [6, 6.07) is 0. The molecule has 2 aliphatic rings. The molecule has 0 bridgehead atoms. The standard InChI is InChI=1S/C13H22N2O2S/c14-11(18)13(5-1-2-6-13)12(17)15-7-3-4-10(8-15)9-16/h10,16H,1-9H2,(H2,14,18). The van der Waals surface area contributed by atoms with Gasteiger partial charge in [0.05, 0.1) is 10.4 Å². The first-order valence-electron chi connectivity index (χ1n) is 6.80. The molecule has 3 N–H and O–H groups in total. The Balaban J connectivity index is 2.11. The van der Waals surface area contributed by atoms with Crippen molar-refractivity contribution in [1.29, 1.82) is 0 Å². The summed E-state index contributed by atoms with van der Waals surface area (Å²) in [6.07, 6.45) is 5.61. The van der Waals surface area contributed by atoms with E-state index in [9.17, 15) is 9.90 Å². The highest BCUT2D eigenvalue weighted by Crippen LogP contribution is 2.40. The SMILES string of the molecule is NC(=S)C1(C(=O)N2CCCC(CO)C2)CCCC1. The number of rotatable bonds is 3. The zero-order chi connectivity index (χ0) is 13.2. The fourth-order valence-corrected chi connectivity index (χ4v) is 3.54. The fourth-order valence-electron chi connectivity index (χ4n) is 3.25. The Morgan fingerprint density at radius 1 is 1.39 bits per heavy atom. The lowest BCUT2D eigenvalue weighted by atomic mass is 9.83. The molecule has 2 fully saturated rings. The Hall–Kier alpha value is -0.680. The highest BCUT2D eigenvalue weighted by molar-refractivity contribution is 7.80. The molecule has 1 amide bonds. The van der Waals surface area contributed by atoms with Crippen LogP contribution in [-0.2, 0) is 4.79 Å². The third-order valence-electron chi connectivity index (χ3n) is 4.40. The summed E-state index contributed by atoms with van der Waals surface area (Å²) in [4.78, 5) is 14.9. The number of likely N-dealkylation sites (tertiary alicyclic amines) is 1. The number of carbonyl (C=O) groups excluding carboxylic acids is 1. The number of amides is 1. The zero-order valence-corrected chi connectivity index (χ0v) is 11.5. The molecule has 4 nitrogen and oxygen atoms in total. The van der Waals surface area contributed by atoms with Crippen LogP contribution in [0, 0.1) is 11.3 Å². The highest BCUT2D eigenvalue weighted by atomic mass is 32.1. The Labute approximate surface area is 114 Å². The third-order valence-corrected chi connectivity index (χ3v) is 4.79. The molecule has 1 saturated heterocycles. The molecule has 5 heteroatoms. The van der Waals surface area contributed by atoms with Gasteiger partial charge >= 0.3 is 0 Å². The van der Waals surface area contributed by atoms with Gasteiger partial charge in [0.25, 0.3) is 0 Å². The maximum atomic E-state index is 12.7. The maximum absolute atomic E-state index is 12.7. The van der Waals surface area contributed by atoms with Crippen LogP contribution in [0.4, 0.5) is 0 Å². The molecular formula is C13H22N2O2S. The van der Waals surface area contributed by atoms with Crippen molar-refractivity contribution in [3.8, 4) is 0 Å². The van der Waals surface area contributed by atoms with E-state index in [4.69, 9.17) is 18.0 Å². The number of hydrogen-bond acceptors (Lipinski definition) is 3. The number of hydrogen-bond donors (Lipinski definition) is 2. The van der Waals surface area contributed by atoms with Crippen LogP contribution in [0.3, 0.4) is 0 Å². The largest absolute Gasteiger partial charge is 0.396 e. The van der Waals surface area contributed by atoms with Crippen LogP contribution in [-0.4, -0.2) is 40.6 Å². The van der Waals surface area contributed by atoms with Crippen LogP contribution in [0.25, 0.3) is 0 Å². The smallest absolute Gasteiger partial charge is 0.235 e. The first-order chi connectivity index (χ1) is 8.60. The van der Waals surface area contributed by atoms with Crippen molar-refractivity contribution in [2.24, 2.45) is 17.1 Å². The van der Waals surface area contributed by atoms with E-state index in [0.29, 0.717) is 11.5 Å². The van der Waals surface area contributed by atoms with Crippen molar-refractivity contribution in [1.82, 2.24) is 4.90 Å². The molecule has 102 valence electrons. The summed E-state index contributed by atoms with van der Waals surface area (Å²) in [5.41, 5.74) is 5.25. The molecule has 1 saturated carbocycles. The van der Waals surface area contributed by atoms with Crippen LogP contribution in [0.15, 0.2) is 0 Å². The van der Waals surface area contributed by atoms with Gasteiger partial charge < -0.3 is 15.7 Å². The number of nitrogens with two attached hydrogens (primary N) is 1. The first-order valence-corrected chi connectivity index (χ1v) is 7.21. The Bertz CT molecular complexity index is 340. The van der Waals surface area contributed by atoms with Gasteiger partial charge in [-0.1, -0.05) is 25.1 Å². The van der Waals surface area contributed by atoms with Crippen molar-refractivity contribution in [3.05, 3.63) is 0 Å². The molecule has 0 spiro atoms. The molecule has 1 aliphatic heterocycles. The lowest BCUT2D eigenvalue weighted by Gasteiger charge is -2.38. The average Bonchev–Trinajstić information content (AvgIpc) is 2.88. The Morgan fingerprint density at radius 3 is 2.61 bits per heavy atom. The van der Waals surface area contributed by atoms with Gasteiger partial charge in [0.1, 0.15) is 0 Å². The molecule has 1 unspecified atom stereocenters. The van der Waals surface area contributed by atoms with Gasteiger partial charge in [-0.2, -0.15) is 0 Å². The Kier molecular flexibility index (Phi) is 4.22. The van der Waals surface area contributed by atoms with E-state index < -0.39 is 5.41 Å². The number of aliphatic hydroxyl groups excluding tert-OH is 1. The minimum atomic E-state index is -0.591. The van der Waals surface area contributed by atoms with Gasteiger partial charge in [0, 0.05) is 19.7 Å². The monoisotopic (exact) mass is 270 g/mol. The van der Waals surface area contributed by atoms with Crippen molar-refractivity contribution in [2.75, 3.05) is 19.7 Å². The molecule has 1 aliphatic carbocycles. The van der Waals surface area contributed by atoms with Gasteiger partial charge in [0.15, 0.2) is 0 Å². The van der Waals surface area contributed by atoms with Crippen LogP contribution in [0.5, 0.6) is 0 Å². The fraction of sp³-hybridized carbons (Fsp3) is 0.846. The number of carbonyl (C=O) groups is 1. The third kappa shape index (κ3) is 2.38. The van der Waals surface area contributed by atoms with Crippen LogP contribution in [0.2, 0.25) is 0 Å². The summed E-state index contributed by atoms with van der Waals surface area (Å²) in [7, 11) is 0. The molecule has 1 heterocycles. The van der Waals surface area contributed by atoms with Gasteiger partial charge in [-0.15, -0.1) is 0 Å². The average molecular weight is 270 g/mol. The maximum Gasteiger partial charge on any atom is 0.235 e. The molecule has 18 heavy (non-hydrogen) atoms. The van der Waals surface area contributed by atoms with E-state index in [-0.39, 0.29) is 18.4 Å². The molecule has 0 aromatic carbocycles. The van der Waals surface area contributed by atoms with Gasteiger partial charge in [-0.25, -0.2) is 0 Å². The summed E-state index contributed by atoms with van der Waals surface area (Å²) < 4.78 is 0. The lowest BCUT2D eigenvalue weighted by Crippen LogP contribution is -2.52. The minimum absolute atomic E-state index is 0.102. The van der Waals surface area contributed by atoms with Gasteiger partial charge in [-0.3, -0.25) is 4.79 Å². The van der Waals surface area contributed by atoms with E-state index in [0.717, 1.165) is 45.1 Å². The molecule has 0 radical (unpaired) electrons. The summed E-state index contributed by atoms with van der Waals surface area (Å²) in [6.45, 7) is 1.59. The van der Waals surface area contributed by atoms with Crippen LogP contribution >= 0.6 is 12.2 Å². The summed E-state index contributed by atoms with van der Waals surface area (Å²) in [5, 5.41) is 9.24. The molecular weight excluding hydrogens is 248 g/mol. The normalized spacial score (nSPS) is 27.2. The number of nitrogens with zero attached hydrogens (tertiary/aromatic N) is 1. The molecule has 0 aromatic rings. The van der Waals surface area contributed by atoms with Crippen molar-refractivity contribution in [3.63, 3.8) is 0 Å². The Morgan fingerprint density at radius 2 is 2.06 bits per heavy atom. The van der Waals surface area contributed by atoms with Gasteiger partial charge in [0.2, 0.25) is 5.91 Å².